The minimum atomic E-state index is -0.943. The molecular weight excluding hydrogens is 362 g/mol. The molecule has 2 aromatic carbocycles. The molecule has 0 spiro atoms. The lowest BCUT2D eigenvalue weighted by molar-refractivity contribution is -0.116. The highest BCUT2D eigenvalue weighted by atomic mass is 16.7. The van der Waals surface area contributed by atoms with Crippen LogP contribution in [0.1, 0.15) is 40.1 Å². The first kappa shape index (κ1) is 18.0. The Balaban J connectivity index is 1.46. The molecule has 0 radical (unpaired) electrons. The molecule has 2 aliphatic heterocycles. The summed E-state index contributed by atoms with van der Waals surface area (Å²) in [5.74, 6) is 0.116. The van der Waals surface area contributed by atoms with Crippen LogP contribution in [0, 0.1) is 0 Å². The van der Waals surface area contributed by atoms with E-state index in [4.69, 9.17) is 14.2 Å². The average molecular weight is 381 g/mol. The van der Waals surface area contributed by atoms with Gasteiger partial charge in [0.2, 0.25) is 18.5 Å². The van der Waals surface area contributed by atoms with E-state index in [-0.39, 0.29) is 24.0 Å². The summed E-state index contributed by atoms with van der Waals surface area (Å²) in [6, 6.07) is 9.93. The fourth-order valence-electron chi connectivity index (χ4n) is 3.42. The molecule has 2 heterocycles. The molecule has 0 fully saturated rings. The first-order valence-corrected chi connectivity index (χ1v) is 9.00. The first-order valence-electron chi connectivity index (χ1n) is 9.00. The maximum Gasteiger partial charge on any atom is 0.338 e. The zero-order valence-corrected chi connectivity index (χ0v) is 15.6. The molecule has 4 rings (SSSR count). The number of hydrogen-bond acceptors (Lipinski definition) is 6. The molecule has 0 saturated heterocycles. The third-order valence-corrected chi connectivity index (χ3v) is 4.90. The van der Waals surface area contributed by atoms with E-state index in [0.29, 0.717) is 30.0 Å². The number of fused-ring (bicyclic) bond motifs is 2. The van der Waals surface area contributed by atoms with E-state index in [1.165, 1.54) is 13.0 Å². The number of hydrogen-bond donors (Lipinski definition) is 0. The molecule has 1 atom stereocenters. The van der Waals surface area contributed by atoms with Crippen LogP contribution in [0.5, 0.6) is 11.5 Å². The van der Waals surface area contributed by atoms with Crippen molar-refractivity contribution in [3.05, 3.63) is 53.1 Å². The summed E-state index contributed by atoms with van der Waals surface area (Å²) in [6.07, 6.45) is -0.247. The van der Waals surface area contributed by atoms with Crippen LogP contribution in [-0.2, 0) is 16.0 Å². The van der Waals surface area contributed by atoms with Gasteiger partial charge in [-0.3, -0.25) is 9.59 Å². The Hall–Kier alpha value is -3.35. The van der Waals surface area contributed by atoms with E-state index < -0.39 is 12.1 Å². The van der Waals surface area contributed by atoms with Crippen molar-refractivity contribution in [2.24, 2.45) is 0 Å². The zero-order chi connectivity index (χ0) is 19.8. The van der Waals surface area contributed by atoms with Gasteiger partial charge in [0.05, 0.1) is 5.56 Å². The maximum atomic E-state index is 12.7. The molecule has 0 saturated carbocycles. The summed E-state index contributed by atoms with van der Waals surface area (Å²) in [5.41, 5.74) is 2.51. The SMILES string of the molecule is CC(=O)N1CCc2cc(C(=O)C(C)OC(=O)c3ccc4c(c3)OCO4)ccc21. The molecule has 1 amide bonds. The van der Waals surface area contributed by atoms with Crippen molar-refractivity contribution in [1.29, 1.82) is 0 Å². The fourth-order valence-corrected chi connectivity index (χ4v) is 3.42. The molecule has 0 N–H and O–H groups in total. The van der Waals surface area contributed by atoms with Crippen molar-refractivity contribution >= 4 is 23.3 Å². The van der Waals surface area contributed by atoms with Crippen molar-refractivity contribution in [3.8, 4) is 11.5 Å². The van der Waals surface area contributed by atoms with E-state index in [1.54, 1.807) is 42.2 Å². The zero-order valence-electron chi connectivity index (χ0n) is 15.6. The Bertz CT molecular complexity index is 983. The van der Waals surface area contributed by atoms with E-state index in [2.05, 4.69) is 0 Å². The molecular formula is C21H19NO6. The third kappa shape index (κ3) is 3.19. The predicted molar refractivity (Wildman–Crippen MR) is 99.9 cm³/mol. The molecule has 0 aromatic heterocycles. The molecule has 2 aliphatic rings. The number of carbonyl (C=O) groups excluding carboxylic acids is 3. The van der Waals surface area contributed by atoms with E-state index in [1.807, 2.05) is 0 Å². The molecule has 1 unspecified atom stereocenters. The van der Waals surface area contributed by atoms with Crippen LogP contribution in [0.25, 0.3) is 0 Å². The second-order valence-corrected chi connectivity index (χ2v) is 6.74. The van der Waals surface area contributed by atoms with E-state index in [9.17, 15) is 14.4 Å². The Labute approximate surface area is 161 Å². The van der Waals surface area contributed by atoms with Gasteiger partial charge in [0, 0.05) is 24.7 Å². The molecule has 0 aliphatic carbocycles. The molecule has 28 heavy (non-hydrogen) atoms. The number of ether oxygens (including phenoxy) is 3. The van der Waals surface area contributed by atoms with Crippen molar-refractivity contribution in [2.75, 3.05) is 18.2 Å². The van der Waals surface area contributed by atoms with Crippen LogP contribution < -0.4 is 14.4 Å². The van der Waals surface area contributed by atoms with E-state index in [0.717, 1.165) is 11.3 Å². The lowest BCUT2D eigenvalue weighted by Gasteiger charge is -2.16. The van der Waals surface area contributed by atoms with E-state index >= 15 is 0 Å². The summed E-state index contributed by atoms with van der Waals surface area (Å²) >= 11 is 0. The van der Waals surface area contributed by atoms with Gasteiger partial charge in [-0.25, -0.2) is 4.79 Å². The Kier molecular flexibility index (Phi) is 4.50. The number of esters is 1. The van der Waals surface area contributed by atoms with Crippen LogP contribution in [0.15, 0.2) is 36.4 Å². The van der Waals surface area contributed by atoms with Crippen LogP contribution in [0.3, 0.4) is 0 Å². The Morgan fingerprint density at radius 2 is 1.79 bits per heavy atom. The average Bonchev–Trinajstić information content (AvgIpc) is 3.32. The molecule has 0 bridgehead atoms. The molecule has 7 heteroatoms. The lowest BCUT2D eigenvalue weighted by atomic mass is 10.0. The van der Waals surface area contributed by atoms with Gasteiger partial charge in [-0.05, 0) is 55.3 Å². The highest BCUT2D eigenvalue weighted by Gasteiger charge is 2.26. The van der Waals surface area contributed by atoms with Gasteiger partial charge in [0.25, 0.3) is 0 Å². The second-order valence-electron chi connectivity index (χ2n) is 6.74. The van der Waals surface area contributed by atoms with Crippen LogP contribution in [0.4, 0.5) is 5.69 Å². The number of rotatable bonds is 4. The largest absolute Gasteiger partial charge is 0.454 e. The Morgan fingerprint density at radius 3 is 2.57 bits per heavy atom. The van der Waals surface area contributed by atoms with Crippen LogP contribution in [0.2, 0.25) is 0 Å². The number of ketones is 1. The summed E-state index contributed by atoms with van der Waals surface area (Å²) in [7, 11) is 0. The molecule has 144 valence electrons. The van der Waals surface area contributed by atoms with Crippen LogP contribution in [-0.4, -0.2) is 37.1 Å². The highest BCUT2D eigenvalue weighted by molar-refractivity contribution is 6.02. The number of benzene rings is 2. The number of carbonyl (C=O) groups is 3. The lowest BCUT2D eigenvalue weighted by Crippen LogP contribution is -2.26. The summed E-state index contributed by atoms with van der Waals surface area (Å²) in [5, 5.41) is 0. The third-order valence-electron chi connectivity index (χ3n) is 4.90. The maximum absolute atomic E-state index is 12.7. The number of amides is 1. The van der Waals surface area contributed by atoms with Gasteiger partial charge >= 0.3 is 5.97 Å². The van der Waals surface area contributed by atoms with Crippen molar-refractivity contribution in [2.45, 2.75) is 26.4 Å². The molecule has 7 nitrogen and oxygen atoms in total. The number of nitrogens with zero attached hydrogens (tertiary/aromatic N) is 1. The van der Waals surface area contributed by atoms with Crippen molar-refractivity contribution in [1.82, 2.24) is 0 Å². The number of anilines is 1. The van der Waals surface area contributed by atoms with Crippen molar-refractivity contribution < 1.29 is 28.6 Å². The second kappa shape index (κ2) is 6.99. The van der Waals surface area contributed by atoms with Crippen molar-refractivity contribution in [3.63, 3.8) is 0 Å². The minimum Gasteiger partial charge on any atom is -0.454 e. The normalized spacial score (nSPS) is 15.1. The minimum absolute atomic E-state index is 0.0242. The van der Waals surface area contributed by atoms with Gasteiger partial charge in [0.1, 0.15) is 0 Å². The topological polar surface area (TPSA) is 82.1 Å². The van der Waals surface area contributed by atoms with Gasteiger partial charge in [-0.15, -0.1) is 0 Å². The Morgan fingerprint density at radius 1 is 1.04 bits per heavy atom. The van der Waals surface area contributed by atoms with Gasteiger partial charge < -0.3 is 19.1 Å². The van der Waals surface area contributed by atoms with Crippen LogP contribution >= 0.6 is 0 Å². The monoisotopic (exact) mass is 381 g/mol. The van der Waals surface area contributed by atoms with Gasteiger partial charge in [-0.1, -0.05) is 0 Å². The summed E-state index contributed by atoms with van der Waals surface area (Å²) in [4.78, 5) is 38.4. The highest BCUT2D eigenvalue weighted by Crippen LogP contribution is 2.33. The summed E-state index contributed by atoms with van der Waals surface area (Å²) < 4.78 is 15.8. The predicted octanol–water partition coefficient (Wildman–Crippen LogP) is 2.75. The smallest absolute Gasteiger partial charge is 0.338 e. The molecule has 2 aromatic rings. The number of Topliss-reactive ketones (excluding diaryl/α,β-unsaturated/α-hetero) is 1. The van der Waals surface area contributed by atoms with Gasteiger partial charge in [0.15, 0.2) is 17.6 Å². The quantitative estimate of drug-likeness (QED) is 0.598. The first-order chi connectivity index (χ1) is 13.4. The summed E-state index contributed by atoms with van der Waals surface area (Å²) in [6.45, 7) is 3.78. The van der Waals surface area contributed by atoms with Gasteiger partial charge in [-0.2, -0.15) is 0 Å². The fraction of sp³-hybridized carbons (Fsp3) is 0.286. The standard InChI is InChI=1S/C21H19NO6/c1-12(28-21(25)16-4-6-18-19(10-16)27-11-26-18)20(24)15-3-5-17-14(9-15)7-8-22(17)13(2)23/h3-6,9-10,12H,7-8,11H2,1-2H3.